The van der Waals surface area contributed by atoms with Gasteiger partial charge >= 0.3 is 6.61 Å². The van der Waals surface area contributed by atoms with Crippen molar-refractivity contribution < 1.29 is 18.3 Å². The third-order valence-electron chi connectivity index (χ3n) is 3.18. The molecule has 1 atom stereocenters. The minimum Gasteiger partial charge on any atom is -0.434 e. The molecule has 1 saturated heterocycles. The Hall–Kier alpha value is -1.76. The number of carbonyl (C=O) groups excluding carboxylic acids is 1. The van der Waals surface area contributed by atoms with Crippen LogP contribution in [-0.2, 0) is 0 Å². The number of benzene rings is 1. The van der Waals surface area contributed by atoms with E-state index in [1.807, 2.05) is 0 Å². The standard InChI is InChI=1S/C13H14F2N2O2S/c14-13(15)19-10-6-2-1-4-8(10)12(18)17-7-3-5-9(17)11(16)20/h1-2,4,6,9,13H,3,5,7H2,(H2,16,20). The first-order chi connectivity index (χ1) is 9.50. The van der Waals surface area contributed by atoms with Crippen molar-refractivity contribution in [3.8, 4) is 5.75 Å². The van der Waals surface area contributed by atoms with Crippen LogP contribution >= 0.6 is 12.2 Å². The summed E-state index contributed by atoms with van der Waals surface area (Å²) in [7, 11) is 0. The van der Waals surface area contributed by atoms with E-state index < -0.39 is 12.5 Å². The molecule has 1 heterocycles. The SMILES string of the molecule is NC(=S)C1CCCN1C(=O)c1ccccc1OC(F)F. The van der Waals surface area contributed by atoms with Crippen molar-refractivity contribution in [1.29, 1.82) is 0 Å². The Labute approximate surface area is 120 Å². The second kappa shape index (κ2) is 6.13. The number of nitrogens with two attached hydrogens (primary N) is 1. The van der Waals surface area contributed by atoms with E-state index in [9.17, 15) is 13.6 Å². The Balaban J connectivity index is 2.27. The Kier molecular flexibility index (Phi) is 4.49. The maximum absolute atomic E-state index is 12.4. The zero-order chi connectivity index (χ0) is 14.7. The van der Waals surface area contributed by atoms with E-state index in [0.717, 1.165) is 6.42 Å². The van der Waals surface area contributed by atoms with E-state index in [1.165, 1.54) is 23.1 Å². The second-order valence-corrected chi connectivity index (χ2v) is 4.91. The number of halogens is 2. The Bertz CT molecular complexity index is 525. The van der Waals surface area contributed by atoms with Crippen molar-refractivity contribution in [1.82, 2.24) is 4.90 Å². The Morgan fingerprint density at radius 2 is 2.15 bits per heavy atom. The average molecular weight is 300 g/mol. The van der Waals surface area contributed by atoms with Gasteiger partial charge in [0.2, 0.25) is 0 Å². The van der Waals surface area contributed by atoms with Crippen molar-refractivity contribution in [2.24, 2.45) is 5.73 Å². The lowest BCUT2D eigenvalue weighted by Gasteiger charge is -2.24. The molecule has 1 aliphatic heterocycles. The van der Waals surface area contributed by atoms with E-state index in [2.05, 4.69) is 4.74 Å². The van der Waals surface area contributed by atoms with Crippen molar-refractivity contribution >= 4 is 23.1 Å². The van der Waals surface area contributed by atoms with Gasteiger partial charge < -0.3 is 15.4 Å². The van der Waals surface area contributed by atoms with Crippen molar-refractivity contribution in [3.63, 3.8) is 0 Å². The number of rotatable bonds is 4. The predicted octanol–water partition coefficient (Wildman–Crippen LogP) is 2.18. The topological polar surface area (TPSA) is 55.6 Å². The first-order valence-corrected chi connectivity index (χ1v) is 6.55. The molecule has 20 heavy (non-hydrogen) atoms. The van der Waals surface area contributed by atoms with Gasteiger partial charge in [0.1, 0.15) is 5.75 Å². The van der Waals surface area contributed by atoms with Crippen molar-refractivity contribution in [2.45, 2.75) is 25.5 Å². The minimum atomic E-state index is -2.98. The van der Waals surface area contributed by atoms with E-state index in [-0.39, 0.29) is 22.3 Å². The van der Waals surface area contributed by atoms with Gasteiger partial charge in [-0.1, -0.05) is 24.4 Å². The summed E-state index contributed by atoms with van der Waals surface area (Å²) in [5, 5.41) is 0. The van der Waals surface area contributed by atoms with Crippen LogP contribution in [0.25, 0.3) is 0 Å². The number of amides is 1. The van der Waals surface area contributed by atoms with Gasteiger partial charge in [0.05, 0.1) is 16.6 Å². The molecule has 1 unspecified atom stereocenters. The average Bonchev–Trinajstić information content (AvgIpc) is 2.87. The second-order valence-electron chi connectivity index (χ2n) is 4.43. The number of nitrogens with zero attached hydrogens (tertiary/aromatic N) is 1. The van der Waals surface area contributed by atoms with Crippen LogP contribution in [-0.4, -0.2) is 35.0 Å². The van der Waals surface area contributed by atoms with Crippen LogP contribution in [0.2, 0.25) is 0 Å². The molecule has 0 aliphatic carbocycles. The van der Waals surface area contributed by atoms with Gasteiger partial charge in [0.25, 0.3) is 5.91 Å². The lowest BCUT2D eigenvalue weighted by atomic mass is 10.1. The molecule has 4 nitrogen and oxygen atoms in total. The summed E-state index contributed by atoms with van der Waals surface area (Å²) in [6.07, 6.45) is 1.48. The van der Waals surface area contributed by atoms with Crippen LogP contribution in [0.15, 0.2) is 24.3 Å². The highest BCUT2D eigenvalue weighted by molar-refractivity contribution is 7.80. The molecule has 108 valence electrons. The molecule has 1 aromatic rings. The van der Waals surface area contributed by atoms with Gasteiger partial charge in [0, 0.05) is 6.54 Å². The fraction of sp³-hybridized carbons (Fsp3) is 0.385. The number of hydrogen-bond acceptors (Lipinski definition) is 3. The lowest BCUT2D eigenvalue weighted by Crippen LogP contribution is -2.43. The molecule has 0 aromatic heterocycles. The first-order valence-electron chi connectivity index (χ1n) is 6.15. The smallest absolute Gasteiger partial charge is 0.387 e. The van der Waals surface area contributed by atoms with Crippen LogP contribution in [0.3, 0.4) is 0 Å². The normalized spacial score (nSPS) is 18.4. The molecule has 1 amide bonds. The summed E-state index contributed by atoms with van der Waals surface area (Å²) in [6.45, 7) is -2.47. The summed E-state index contributed by atoms with van der Waals surface area (Å²) in [5.74, 6) is -0.530. The lowest BCUT2D eigenvalue weighted by molar-refractivity contribution is -0.0502. The van der Waals surface area contributed by atoms with Gasteiger partial charge in [-0.3, -0.25) is 4.79 Å². The Morgan fingerprint density at radius 3 is 2.80 bits per heavy atom. The third-order valence-corrected chi connectivity index (χ3v) is 3.45. The quantitative estimate of drug-likeness (QED) is 0.866. The number of carbonyl (C=O) groups is 1. The van der Waals surface area contributed by atoms with Gasteiger partial charge in [0.15, 0.2) is 0 Å². The number of thiocarbonyl (C=S) groups is 1. The van der Waals surface area contributed by atoms with Crippen molar-refractivity contribution in [2.75, 3.05) is 6.54 Å². The van der Waals surface area contributed by atoms with E-state index >= 15 is 0 Å². The van der Waals surface area contributed by atoms with Crippen LogP contribution in [0.4, 0.5) is 8.78 Å². The third kappa shape index (κ3) is 3.04. The zero-order valence-electron chi connectivity index (χ0n) is 10.6. The number of hydrogen-bond donors (Lipinski definition) is 1. The highest BCUT2D eigenvalue weighted by Crippen LogP contribution is 2.26. The van der Waals surface area contributed by atoms with Gasteiger partial charge in [-0.15, -0.1) is 0 Å². The molecule has 1 fully saturated rings. The number of ether oxygens (including phenoxy) is 1. The summed E-state index contributed by atoms with van der Waals surface area (Å²) in [5.41, 5.74) is 5.70. The zero-order valence-corrected chi connectivity index (χ0v) is 11.4. The minimum absolute atomic E-state index is 0.0935. The van der Waals surface area contributed by atoms with Crippen molar-refractivity contribution in [3.05, 3.63) is 29.8 Å². The molecule has 7 heteroatoms. The largest absolute Gasteiger partial charge is 0.434 e. The van der Waals surface area contributed by atoms with Gasteiger partial charge in [-0.25, -0.2) is 0 Å². The highest BCUT2D eigenvalue weighted by atomic mass is 32.1. The molecule has 0 spiro atoms. The fourth-order valence-corrected chi connectivity index (χ4v) is 2.55. The number of alkyl halides is 2. The molecular weight excluding hydrogens is 286 g/mol. The number of likely N-dealkylation sites (tertiary alicyclic amines) is 1. The first kappa shape index (κ1) is 14.6. The van der Waals surface area contributed by atoms with Crippen LogP contribution < -0.4 is 10.5 Å². The van der Waals surface area contributed by atoms with Crippen LogP contribution in [0.1, 0.15) is 23.2 Å². The Morgan fingerprint density at radius 1 is 1.45 bits per heavy atom. The molecule has 0 radical (unpaired) electrons. The van der Waals surface area contributed by atoms with Gasteiger partial charge in [-0.05, 0) is 25.0 Å². The van der Waals surface area contributed by atoms with E-state index in [0.29, 0.717) is 13.0 Å². The molecule has 1 aliphatic rings. The molecular formula is C13H14F2N2O2S. The maximum Gasteiger partial charge on any atom is 0.387 e. The predicted molar refractivity (Wildman–Crippen MR) is 73.9 cm³/mol. The summed E-state index contributed by atoms with van der Waals surface area (Å²) in [6, 6.07) is 5.60. The number of para-hydroxylation sites is 1. The summed E-state index contributed by atoms with van der Waals surface area (Å²) >= 11 is 4.94. The maximum atomic E-state index is 12.4. The van der Waals surface area contributed by atoms with E-state index in [4.69, 9.17) is 18.0 Å². The van der Waals surface area contributed by atoms with E-state index in [1.54, 1.807) is 6.07 Å². The summed E-state index contributed by atoms with van der Waals surface area (Å²) in [4.78, 5) is 14.2. The monoisotopic (exact) mass is 300 g/mol. The molecule has 2 N–H and O–H groups in total. The van der Waals surface area contributed by atoms with Crippen LogP contribution in [0.5, 0.6) is 5.75 Å². The summed E-state index contributed by atoms with van der Waals surface area (Å²) < 4.78 is 29.1. The molecule has 0 bridgehead atoms. The van der Waals surface area contributed by atoms with Gasteiger partial charge in [-0.2, -0.15) is 8.78 Å². The van der Waals surface area contributed by atoms with Crippen LogP contribution in [0, 0.1) is 0 Å². The molecule has 0 saturated carbocycles. The highest BCUT2D eigenvalue weighted by Gasteiger charge is 2.32. The molecule has 1 aromatic carbocycles. The fourth-order valence-electron chi connectivity index (χ4n) is 2.30. The molecule has 2 rings (SSSR count).